The lowest BCUT2D eigenvalue weighted by molar-refractivity contribution is -0.120. The van der Waals surface area contributed by atoms with Gasteiger partial charge in [-0.15, -0.1) is 10.2 Å². The number of rotatable bonds is 8. The molecule has 5 nitrogen and oxygen atoms in total. The van der Waals surface area contributed by atoms with Crippen molar-refractivity contribution in [3.8, 4) is 0 Å². The number of hydrogen-bond acceptors (Lipinski definition) is 6. The number of para-hydroxylation sites is 1. The molecular formula is C19H24N4OS2. The summed E-state index contributed by atoms with van der Waals surface area (Å²) >= 11 is 2.91. The van der Waals surface area contributed by atoms with Crippen LogP contribution in [0.4, 0.5) is 10.8 Å². The summed E-state index contributed by atoms with van der Waals surface area (Å²) in [5.74, 6) is 0.0548. The second-order valence-electron chi connectivity index (χ2n) is 6.27. The van der Waals surface area contributed by atoms with Crippen LogP contribution in [-0.2, 0) is 4.79 Å². The summed E-state index contributed by atoms with van der Waals surface area (Å²) in [6.45, 7) is 2.62. The van der Waals surface area contributed by atoms with Gasteiger partial charge < -0.3 is 10.6 Å². The molecule has 0 aliphatic heterocycles. The minimum Gasteiger partial charge on any atom is -0.355 e. The van der Waals surface area contributed by atoms with E-state index in [-0.39, 0.29) is 11.2 Å². The summed E-state index contributed by atoms with van der Waals surface area (Å²) in [5, 5.41) is 15.1. The van der Waals surface area contributed by atoms with Crippen molar-refractivity contribution in [2.75, 3.05) is 11.9 Å². The average Bonchev–Trinajstić information content (AvgIpc) is 3.10. The van der Waals surface area contributed by atoms with Gasteiger partial charge in [-0.05, 0) is 51.2 Å². The third-order valence-electron chi connectivity index (χ3n) is 4.21. The minimum atomic E-state index is -0.187. The molecule has 2 N–H and O–H groups in total. The predicted molar refractivity (Wildman–Crippen MR) is 109 cm³/mol. The molecule has 1 aliphatic carbocycles. The molecule has 26 heavy (non-hydrogen) atoms. The van der Waals surface area contributed by atoms with Crippen LogP contribution < -0.4 is 10.6 Å². The van der Waals surface area contributed by atoms with Crippen LogP contribution in [0.5, 0.6) is 0 Å². The molecule has 0 spiro atoms. The third-order valence-corrected chi connectivity index (χ3v) is 6.23. The maximum absolute atomic E-state index is 12.3. The minimum absolute atomic E-state index is 0.0548. The van der Waals surface area contributed by atoms with Crippen molar-refractivity contribution in [1.29, 1.82) is 0 Å². The topological polar surface area (TPSA) is 66.9 Å². The zero-order valence-corrected chi connectivity index (χ0v) is 16.5. The molecule has 1 amide bonds. The van der Waals surface area contributed by atoms with E-state index in [4.69, 9.17) is 0 Å². The van der Waals surface area contributed by atoms with E-state index in [2.05, 4.69) is 26.9 Å². The second kappa shape index (κ2) is 9.73. The molecule has 1 heterocycles. The van der Waals surface area contributed by atoms with Crippen LogP contribution in [0.2, 0.25) is 0 Å². The number of carbonyl (C=O) groups excluding carboxylic acids is 1. The third kappa shape index (κ3) is 5.85. The summed E-state index contributed by atoms with van der Waals surface area (Å²) in [6, 6.07) is 9.86. The summed E-state index contributed by atoms with van der Waals surface area (Å²) in [6.07, 6.45) is 8.24. The molecule has 0 fully saturated rings. The number of thioether (sulfide) groups is 1. The lowest BCUT2D eigenvalue weighted by Gasteiger charge is -2.14. The number of nitrogens with zero attached hydrogens (tertiary/aromatic N) is 2. The van der Waals surface area contributed by atoms with E-state index in [9.17, 15) is 4.79 Å². The quantitative estimate of drug-likeness (QED) is 0.504. The van der Waals surface area contributed by atoms with Crippen molar-refractivity contribution in [3.63, 3.8) is 0 Å². The number of hydrogen-bond donors (Lipinski definition) is 2. The Balaban J connectivity index is 1.43. The van der Waals surface area contributed by atoms with Gasteiger partial charge in [-0.2, -0.15) is 0 Å². The van der Waals surface area contributed by atoms with Crippen molar-refractivity contribution < 1.29 is 4.79 Å². The molecule has 2 aromatic rings. The molecule has 0 saturated carbocycles. The van der Waals surface area contributed by atoms with Gasteiger partial charge in [0.2, 0.25) is 11.0 Å². The van der Waals surface area contributed by atoms with Crippen molar-refractivity contribution >= 4 is 39.8 Å². The number of carbonyl (C=O) groups is 1. The molecule has 7 heteroatoms. The van der Waals surface area contributed by atoms with E-state index in [1.54, 1.807) is 0 Å². The molecule has 1 aromatic carbocycles. The molecule has 1 aromatic heterocycles. The monoisotopic (exact) mass is 388 g/mol. The Morgan fingerprint density at radius 1 is 1.27 bits per heavy atom. The first kappa shape index (κ1) is 18.9. The first-order valence-electron chi connectivity index (χ1n) is 8.98. The van der Waals surface area contributed by atoms with Crippen LogP contribution in [0.3, 0.4) is 0 Å². The normalized spacial score (nSPS) is 15.2. The molecule has 0 radical (unpaired) electrons. The largest absolute Gasteiger partial charge is 0.355 e. The number of nitrogens with one attached hydrogen (secondary N) is 2. The van der Waals surface area contributed by atoms with Crippen LogP contribution in [0.15, 0.2) is 46.3 Å². The lowest BCUT2D eigenvalue weighted by atomic mass is 9.97. The van der Waals surface area contributed by atoms with E-state index >= 15 is 0 Å². The summed E-state index contributed by atoms with van der Waals surface area (Å²) in [5.41, 5.74) is 2.46. The van der Waals surface area contributed by atoms with Crippen molar-refractivity contribution in [1.82, 2.24) is 15.5 Å². The van der Waals surface area contributed by atoms with Gasteiger partial charge in [-0.3, -0.25) is 4.79 Å². The van der Waals surface area contributed by atoms with E-state index in [1.807, 2.05) is 37.3 Å². The Hall–Kier alpha value is -1.86. The van der Waals surface area contributed by atoms with Crippen LogP contribution >= 0.6 is 23.1 Å². The smallest absolute Gasteiger partial charge is 0.233 e. The van der Waals surface area contributed by atoms with Gasteiger partial charge >= 0.3 is 0 Å². The fourth-order valence-electron chi connectivity index (χ4n) is 2.78. The van der Waals surface area contributed by atoms with Gasteiger partial charge in [0.15, 0.2) is 4.34 Å². The Morgan fingerprint density at radius 3 is 2.88 bits per heavy atom. The Morgan fingerprint density at radius 2 is 2.12 bits per heavy atom. The standard InChI is InChI=1S/C19H24N4OS2/c1-14(17(24)20-13-12-15-8-4-2-5-9-15)25-19-23-22-18(26-19)21-16-10-6-3-7-11-16/h3,6-8,10-11,14H,2,4-5,9,12-13H2,1H3,(H,20,24)(H,21,22)/t14-/m0/s1. The maximum atomic E-state index is 12.3. The van der Waals surface area contributed by atoms with Crippen LogP contribution in [0.25, 0.3) is 0 Å². The summed E-state index contributed by atoms with van der Waals surface area (Å²) < 4.78 is 0.793. The van der Waals surface area contributed by atoms with Crippen LogP contribution in [0.1, 0.15) is 39.0 Å². The number of anilines is 2. The molecule has 0 bridgehead atoms. The Labute approximate surface area is 162 Å². The molecule has 1 aliphatic rings. The number of benzene rings is 1. The molecule has 0 saturated heterocycles. The molecule has 1 atom stereocenters. The van der Waals surface area contributed by atoms with Crippen molar-refractivity contribution in [3.05, 3.63) is 42.0 Å². The second-order valence-corrected chi connectivity index (χ2v) is 8.84. The Bertz CT molecular complexity index is 745. The van der Waals surface area contributed by atoms with Gasteiger partial charge in [-0.1, -0.05) is 52.9 Å². The van der Waals surface area contributed by atoms with Crippen LogP contribution in [-0.4, -0.2) is 27.9 Å². The number of allylic oxidation sites excluding steroid dienone is 1. The zero-order chi connectivity index (χ0) is 18.2. The van der Waals surface area contributed by atoms with Gasteiger partial charge in [0.25, 0.3) is 0 Å². The number of aromatic nitrogens is 2. The first-order chi connectivity index (χ1) is 12.7. The zero-order valence-electron chi connectivity index (χ0n) is 14.9. The van der Waals surface area contributed by atoms with Gasteiger partial charge in [0.05, 0.1) is 5.25 Å². The molecular weight excluding hydrogens is 364 g/mol. The first-order valence-corrected chi connectivity index (χ1v) is 10.7. The van der Waals surface area contributed by atoms with Gasteiger partial charge in [0.1, 0.15) is 0 Å². The summed E-state index contributed by atoms with van der Waals surface area (Å²) in [4.78, 5) is 12.3. The van der Waals surface area contributed by atoms with E-state index < -0.39 is 0 Å². The molecule has 138 valence electrons. The SMILES string of the molecule is C[C@H](Sc1nnc(Nc2ccccc2)s1)C(=O)NCCC1=CCCCC1. The fourth-order valence-corrected chi connectivity index (χ4v) is 4.72. The summed E-state index contributed by atoms with van der Waals surface area (Å²) in [7, 11) is 0. The average molecular weight is 389 g/mol. The van der Waals surface area contributed by atoms with Crippen molar-refractivity contribution in [2.45, 2.75) is 48.6 Å². The highest BCUT2D eigenvalue weighted by molar-refractivity contribution is 8.02. The maximum Gasteiger partial charge on any atom is 0.233 e. The van der Waals surface area contributed by atoms with Crippen LogP contribution in [0, 0.1) is 0 Å². The van der Waals surface area contributed by atoms with Crippen molar-refractivity contribution in [2.24, 2.45) is 0 Å². The predicted octanol–water partition coefficient (Wildman–Crippen LogP) is 4.77. The van der Waals surface area contributed by atoms with E-state index in [1.165, 1.54) is 54.4 Å². The fraction of sp³-hybridized carbons (Fsp3) is 0.421. The van der Waals surface area contributed by atoms with E-state index in [0.717, 1.165) is 21.6 Å². The number of amides is 1. The Kier molecular flexibility index (Phi) is 7.08. The highest BCUT2D eigenvalue weighted by atomic mass is 32.2. The van der Waals surface area contributed by atoms with Gasteiger partial charge in [0, 0.05) is 12.2 Å². The molecule has 0 unspecified atom stereocenters. The van der Waals surface area contributed by atoms with Gasteiger partial charge in [-0.25, -0.2) is 0 Å². The molecule has 3 rings (SSSR count). The highest BCUT2D eigenvalue weighted by Gasteiger charge is 2.17. The highest BCUT2D eigenvalue weighted by Crippen LogP contribution is 2.30. The lowest BCUT2D eigenvalue weighted by Crippen LogP contribution is -2.31. The van der Waals surface area contributed by atoms with E-state index in [0.29, 0.717) is 6.54 Å².